The van der Waals surface area contributed by atoms with Crippen molar-refractivity contribution in [1.29, 1.82) is 0 Å². The fraction of sp³-hybridized carbons (Fsp3) is 0.706. The van der Waals surface area contributed by atoms with E-state index in [1.54, 1.807) is 12.3 Å². The third kappa shape index (κ3) is 4.16. The molecular weight excluding hydrogens is 265 g/mol. The van der Waals surface area contributed by atoms with Crippen molar-refractivity contribution in [3.05, 3.63) is 23.6 Å². The third-order valence-corrected chi connectivity index (χ3v) is 4.31. The van der Waals surface area contributed by atoms with E-state index in [1.165, 1.54) is 12.8 Å². The molecule has 2 rings (SSSR count). The van der Waals surface area contributed by atoms with Crippen LogP contribution in [0.1, 0.15) is 57.9 Å². The van der Waals surface area contributed by atoms with Crippen LogP contribution < -0.4 is 10.2 Å². The van der Waals surface area contributed by atoms with Crippen molar-refractivity contribution < 1.29 is 4.39 Å². The van der Waals surface area contributed by atoms with E-state index in [-0.39, 0.29) is 5.82 Å². The largest absolute Gasteiger partial charge is 0.351 e. The van der Waals surface area contributed by atoms with Crippen LogP contribution in [0.2, 0.25) is 0 Å². The molecule has 1 atom stereocenters. The van der Waals surface area contributed by atoms with Gasteiger partial charge < -0.3 is 10.2 Å². The van der Waals surface area contributed by atoms with E-state index in [2.05, 4.69) is 29.0 Å². The summed E-state index contributed by atoms with van der Waals surface area (Å²) in [5, 5.41) is 3.27. The van der Waals surface area contributed by atoms with Crippen molar-refractivity contribution in [3.8, 4) is 0 Å². The zero-order valence-electron chi connectivity index (χ0n) is 13.4. The molecule has 2 heterocycles. The Morgan fingerprint density at radius 3 is 2.95 bits per heavy atom. The molecular formula is C17H28FN3. The second kappa shape index (κ2) is 8.32. The van der Waals surface area contributed by atoms with Gasteiger partial charge in [-0.25, -0.2) is 9.37 Å². The van der Waals surface area contributed by atoms with Gasteiger partial charge in [0.1, 0.15) is 0 Å². The van der Waals surface area contributed by atoms with Gasteiger partial charge in [-0.2, -0.15) is 0 Å². The van der Waals surface area contributed by atoms with Gasteiger partial charge in [-0.1, -0.05) is 26.7 Å². The number of nitrogens with zero attached hydrogens (tertiary/aromatic N) is 2. The standard InChI is InChI=1S/C17H28FN3/c1-3-10-19-13-14-9-11-20-17(16(14)18)21-12-7-5-6-8-15(21)4-2/h9,11,15,19H,3-8,10,12-13H2,1-2H3. The predicted octanol–water partition coefficient (Wildman–Crippen LogP) is 3.88. The van der Waals surface area contributed by atoms with Crippen LogP contribution in [0.4, 0.5) is 10.2 Å². The summed E-state index contributed by atoms with van der Waals surface area (Å²) in [7, 11) is 0. The molecule has 1 saturated heterocycles. The van der Waals surface area contributed by atoms with Crippen molar-refractivity contribution in [1.82, 2.24) is 10.3 Å². The van der Waals surface area contributed by atoms with Gasteiger partial charge in [0.25, 0.3) is 0 Å². The van der Waals surface area contributed by atoms with Gasteiger partial charge in [-0.3, -0.25) is 0 Å². The molecule has 0 bridgehead atoms. The summed E-state index contributed by atoms with van der Waals surface area (Å²) in [5.41, 5.74) is 0.729. The lowest BCUT2D eigenvalue weighted by Gasteiger charge is -2.31. The highest BCUT2D eigenvalue weighted by Gasteiger charge is 2.24. The van der Waals surface area contributed by atoms with Crippen molar-refractivity contribution in [2.75, 3.05) is 18.0 Å². The van der Waals surface area contributed by atoms with Gasteiger partial charge >= 0.3 is 0 Å². The summed E-state index contributed by atoms with van der Waals surface area (Å²) in [6, 6.07) is 2.22. The van der Waals surface area contributed by atoms with Gasteiger partial charge in [0, 0.05) is 30.9 Å². The van der Waals surface area contributed by atoms with Crippen LogP contribution in [-0.4, -0.2) is 24.1 Å². The molecule has 118 valence electrons. The molecule has 1 unspecified atom stereocenters. The lowest BCUT2D eigenvalue weighted by atomic mass is 10.1. The molecule has 0 saturated carbocycles. The summed E-state index contributed by atoms with van der Waals surface area (Å²) in [4.78, 5) is 6.55. The molecule has 4 heteroatoms. The summed E-state index contributed by atoms with van der Waals surface area (Å²) in [6.07, 6.45) is 8.63. The highest BCUT2D eigenvalue weighted by atomic mass is 19.1. The Morgan fingerprint density at radius 2 is 2.19 bits per heavy atom. The molecule has 21 heavy (non-hydrogen) atoms. The van der Waals surface area contributed by atoms with E-state index in [1.807, 2.05) is 0 Å². The highest BCUT2D eigenvalue weighted by Crippen LogP contribution is 2.27. The third-order valence-electron chi connectivity index (χ3n) is 4.31. The Balaban J connectivity index is 2.19. The smallest absolute Gasteiger partial charge is 0.170 e. The molecule has 0 amide bonds. The maximum Gasteiger partial charge on any atom is 0.170 e. The number of anilines is 1. The zero-order chi connectivity index (χ0) is 15.1. The first-order chi connectivity index (χ1) is 10.3. The van der Waals surface area contributed by atoms with E-state index >= 15 is 0 Å². The minimum Gasteiger partial charge on any atom is -0.351 e. The van der Waals surface area contributed by atoms with Crippen LogP contribution >= 0.6 is 0 Å². The number of hydrogen-bond acceptors (Lipinski definition) is 3. The number of halogens is 1. The van der Waals surface area contributed by atoms with Crippen LogP contribution in [0.5, 0.6) is 0 Å². The molecule has 0 aromatic carbocycles. The average molecular weight is 293 g/mol. The fourth-order valence-electron chi connectivity index (χ4n) is 3.09. The van der Waals surface area contributed by atoms with Crippen molar-refractivity contribution in [2.24, 2.45) is 0 Å². The summed E-state index contributed by atoms with van der Waals surface area (Å²) in [6.45, 7) is 6.73. The van der Waals surface area contributed by atoms with Crippen LogP contribution in [-0.2, 0) is 6.54 Å². The normalized spacial score (nSPS) is 19.6. The predicted molar refractivity (Wildman–Crippen MR) is 86.1 cm³/mol. The number of aromatic nitrogens is 1. The minimum absolute atomic E-state index is 0.138. The van der Waals surface area contributed by atoms with Crippen LogP contribution in [0.25, 0.3) is 0 Å². The number of pyridine rings is 1. The Bertz CT molecular complexity index is 436. The topological polar surface area (TPSA) is 28.2 Å². The van der Waals surface area contributed by atoms with Crippen molar-refractivity contribution in [2.45, 2.75) is 65.0 Å². The lowest BCUT2D eigenvalue weighted by molar-refractivity contribution is 0.525. The summed E-state index contributed by atoms with van der Waals surface area (Å²) < 4.78 is 14.8. The van der Waals surface area contributed by atoms with Gasteiger partial charge in [0.2, 0.25) is 0 Å². The molecule has 1 aromatic rings. The first kappa shape index (κ1) is 16.2. The van der Waals surface area contributed by atoms with Gasteiger partial charge in [-0.15, -0.1) is 0 Å². The zero-order valence-corrected chi connectivity index (χ0v) is 13.4. The maximum absolute atomic E-state index is 14.8. The van der Waals surface area contributed by atoms with E-state index in [4.69, 9.17) is 0 Å². The van der Waals surface area contributed by atoms with Gasteiger partial charge in [-0.05, 0) is 38.3 Å². The highest BCUT2D eigenvalue weighted by molar-refractivity contribution is 5.44. The van der Waals surface area contributed by atoms with Gasteiger partial charge in [0.05, 0.1) is 0 Å². The van der Waals surface area contributed by atoms with Crippen LogP contribution in [0.15, 0.2) is 12.3 Å². The van der Waals surface area contributed by atoms with E-state index in [9.17, 15) is 4.39 Å². The number of rotatable bonds is 6. The molecule has 1 aliphatic rings. The molecule has 1 aromatic heterocycles. The number of hydrogen-bond donors (Lipinski definition) is 1. The Labute approximate surface area is 127 Å². The van der Waals surface area contributed by atoms with E-state index < -0.39 is 0 Å². The first-order valence-electron chi connectivity index (χ1n) is 8.38. The van der Waals surface area contributed by atoms with Crippen molar-refractivity contribution >= 4 is 5.82 Å². The Kier molecular flexibility index (Phi) is 6.43. The fourth-order valence-corrected chi connectivity index (χ4v) is 3.09. The molecule has 1 N–H and O–H groups in total. The SMILES string of the molecule is CCCNCc1ccnc(N2CCCCCC2CC)c1F. The molecule has 0 spiro atoms. The number of nitrogens with one attached hydrogen (secondary N) is 1. The van der Waals surface area contributed by atoms with Crippen LogP contribution in [0, 0.1) is 5.82 Å². The van der Waals surface area contributed by atoms with Crippen molar-refractivity contribution in [3.63, 3.8) is 0 Å². The lowest BCUT2D eigenvalue weighted by Crippen LogP contribution is -2.36. The average Bonchev–Trinajstić information content (AvgIpc) is 2.74. The maximum atomic E-state index is 14.8. The van der Waals surface area contributed by atoms with E-state index in [0.29, 0.717) is 18.4 Å². The van der Waals surface area contributed by atoms with Gasteiger partial charge in [0.15, 0.2) is 11.6 Å². The quantitative estimate of drug-likeness (QED) is 0.807. The molecule has 0 aliphatic carbocycles. The Morgan fingerprint density at radius 1 is 1.33 bits per heavy atom. The Hall–Kier alpha value is -1.16. The molecule has 1 aliphatic heterocycles. The van der Waals surface area contributed by atoms with E-state index in [0.717, 1.165) is 44.3 Å². The minimum atomic E-state index is -0.138. The summed E-state index contributed by atoms with van der Waals surface area (Å²) in [5.74, 6) is 0.418. The van der Waals surface area contributed by atoms with Crippen LogP contribution in [0.3, 0.4) is 0 Å². The second-order valence-electron chi connectivity index (χ2n) is 5.89. The molecule has 3 nitrogen and oxygen atoms in total. The monoisotopic (exact) mass is 293 g/mol. The summed E-state index contributed by atoms with van der Waals surface area (Å²) >= 11 is 0. The second-order valence-corrected chi connectivity index (χ2v) is 5.89. The molecule has 0 radical (unpaired) electrons. The molecule has 1 fully saturated rings. The first-order valence-corrected chi connectivity index (χ1v) is 8.38.